The second-order valence-corrected chi connectivity index (χ2v) is 7.38. The molecule has 0 amide bonds. The van der Waals surface area contributed by atoms with Gasteiger partial charge in [-0.2, -0.15) is 17.0 Å². The summed E-state index contributed by atoms with van der Waals surface area (Å²) in [7, 11) is -3.29. The third-order valence-corrected chi connectivity index (χ3v) is 6.31. The van der Waals surface area contributed by atoms with Crippen molar-refractivity contribution in [2.24, 2.45) is 11.7 Å². The van der Waals surface area contributed by atoms with E-state index in [-0.39, 0.29) is 6.04 Å². The number of hydrogen-bond acceptors (Lipinski definition) is 3. The minimum absolute atomic E-state index is 0.0225. The summed E-state index contributed by atoms with van der Waals surface area (Å²) in [5.74, 6) is 0.364. The highest BCUT2D eigenvalue weighted by molar-refractivity contribution is 7.86. The minimum Gasteiger partial charge on any atom is -0.329 e. The van der Waals surface area contributed by atoms with Crippen LogP contribution in [0.1, 0.15) is 39.0 Å². The zero-order valence-electron chi connectivity index (χ0n) is 11.2. The molecular formula is C12H25N3O2S. The van der Waals surface area contributed by atoms with Crippen molar-refractivity contribution in [2.75, 3.05) is 26.2 Å². The first kappa shape index (κ1) is 14.2. The highest BCUT2D eigenvalue weighted by atomic mass is 32.2. The highest BCUT2D eigenvalue weighted by Crippen LogP contribution is 2.27. The number of piperidine rings is 2. The summed E-state index contributed by atoms with van der Waals surface area (Å²) in [6.07, 6.45) is 5.13. The van der Waals surface area contributed by atoms with Crippen LogP contribution in [0, 0.1) is 5.92 Å². The van der Waals surface area contributed by atoms with Gasteiger partial charge in [0.05, 0.1) is 0 Å². The van der Waals surface area contributed by atoms with Gasteiger partial charge in [-0.05, 0) is 31.6 Å². The molecule has 6 heteroatoms. The maximum Gasteiger partial charge on any atom is 0.282 e. The van der Waals surface area contributed by atoms with E-state index in [9.17, 15) is 8.42 Å². The predicted molar refractivity (Wildman–Crippen MR) is 72.3 cm³/mol. The van der Waals surface area contributed by atoms with Crippen LogP contribution in [-0.4, -0.2) is 49.2 Å². The summed E-state index contributed by atoms with van der Waals surface area (Å²) in [5, 5.41) is 0. The van der Waals surface area contributed by atoms with E-state index in [4.69, 9.17) is 5.73 Å². The number of nitrogens with two attached hydrogens (primary N) is 1. The third-order valence-electron chi connectivity index (χ3n) is 4.24. The van der Waals surface area contributed by atoms with Crippen LogP contribution in [0.5, 0.6) is 0 Å². The first-order chi connectivity index (χ1) is 8.57. The molecule has 2 aliphatic heterocycles. The van der Waals surface area contributed by atoms with Crippen molar-refractivity contribution in [1.82, 2.24) is 8.61 Å². The molecule has 2 N–H and O–H groups in total. The van der Waals surface area contributed by atoms with Gasteiger partial charge in [-0.1, -0.05) is 13.3 Å². The number of nitrogens with zero attached hydrogens (tertiary/aromatic N) is 2. The van der Waals surface area contributed by atoms with E-state index >= 15 is 0 Å². The SMILES string of the molecule is C[C@@H]1CCCN(S(=O)(=O)N2CCCCC2)[C@H]1CN. The molecule has 0 bridgehead atoms. The highest BCUT2D eigenvalue weighted by Gasteiger charge is 2.38. The molecule has 106 valence electrons. The molecule has 5 nitrogen and oxygen atoms in total. The maximum atomic E-state index is 12.7. The van der Waals surface area contributed by atoms with Crippen LogP contribution in [0.15, 0.2) is 0 Å². The molecule has 2 heterocycles. The van der Waals surface area contributed by atoms with Crippen molar-refractivity contribution >= 4 is 10.2 Å². The molecular weight excluding hydrogens is 250 g/mol. The molecule has 0 radical (unpaired) electrons. The van der Waals surface area contributed by atoms with Gasteiger partial charge in [0.15, 0.2) is 0 Å². The van der Waals surface area contributed by atoms with Crippen molar-refractivity contribution < 1.29 is 8.42 Å². The molecule has 2 atom stereocenters. The molecule has 2 aliphatic rings. The van der Waals surface area contributed by atoms with Crippen LogP contribution in [0.2, 0.25) is 0 Å². The summed E-state index contributed by atoms with van der Waals surface area (Å²) in [6.45, 7) is 4.50. The average molecular weight is 275 g/mol. The lowest BCUT2D eigenvalue weighted by atomic mass is 9.93. The fraction of sp³-hybridized carbons (Fsp3) is 1.00. The van der Waals surface area contributed by atoms with Gasteiger partial charge in [0, 0.05) is 32.2 Å². The van der Waals surface area contributed by atoms with Crippen molar-refractivity contribution in [3.05, 3.63) is 0 Å². The van der Waals surface area contributed by atoms with Crippen LogP contribution in [0.25, 0.3) is 0 Å². The Morgan fingerprint density at radius 2 is 1.78 bits per heavy atom. The van der Waals surface area contributed by atoms with E-state index in [1.54, 1.807) is 8.61 Å². The minimum atomic E-state index is -3.29. The van der Waals surface area contributed by atoms with Crippen molar-refractivity contribution in [2.45, 2.75) is 45.1 Å². The van der Waals surface area contributed by atoms with Gasteiger partial charge in [0.25, 0.3) is 10.2 Å². The van der Waals surface area contributed by atoms with E-state index < -0.39 is 10.2 Å². The standard InChI is InChI=1S/C12H25N3O2S/c1-11-6-5-9-15(12(11)10-13)18(16,17)14-7-3-2-4-8-14/h11-12H,2-10,13H2,1H3/t11-,12+/m1/s1. The Morgan fingerprint density at radius 1 is 1.11 bits per heavy atom. The smallest absolute Gasteiger partial charge is 0.282 e. The Bertz CT molecular complexity index is 366. The fourth-order valence-corrected chi connectivity index (χ4v) is 5.10. The molecule has 2 fully saturated rings. The second kappa shape index (κ2) is 5.86. The summed E-state index contributed by atoms with van der Waals surface area (Å²) in [5.41, 5.74) is 5.79. The topological polar surface area (TPSA) is 66.6 Å². The third kappa shape index (κ3) is 2.71. The molecule has 0 aromatic rings. The predicted octanol–water partition coefficient (Wildman–Crippen LogP) is 0.776. The van der Waals surface area contributed by atoms with Crippen LogP contribution in [-0.2, 0) is 10.2 Å². The largest absolute Gasteiger partial charge is 0.329 e. The van der Waals surface area contributed by atoms with E-state index in [1.807, 2.05) is 0 Å². The Kier molecular flexibility index (Phi) is 4.64. The van der Waals surface area contributed by atoms with Gasteiger partial charge in [0.2, 0.25) is 0 Å². The van der Waals surface area contributed by atoms with Gasteiger partial charge < -0.3 is 5.73 Å². The summed E-state index contributed by atoms with van der Waals surface area (Å²) >= 11 is 0. The monoisotopic (exact) mass is 275 g/mol. The second-order valence-electron chi connectivity index (χ2n) is 5.50. The molecule has 0 unspecified atom stereocenters. The molecule has 0 spiro atoms. The molecule has 18 heavy (non-hydrogen) atoms. The lowest BCUT2D eigenvalue weighted by molar-refractivity contribution is 0.176. The van der Waals surface area contributed by atoms with Crippen molar-refractivity contribution in [3.63, 3.8) is 0 Å². The molecule has 0 aromatic heterocycles. The Morgan fingerprint density at radius 3 is 2.39 bits per heavy atom. The molecule has 0 aliphatic carbocycles. The van der Waals surface area contributed by atoms with Gasteiger partial charge in [-0.15, -0.1) is 0 Å². The van der Waals surface area contributed by atoms with Crippen molar-refractivity contribution in [1.29, 1.82) is 0 Å². The average Bonchev–Trinajstić information content (AvgIpc) is 2.39. The molecule has 2 saturated heterocycles. The maximum absolute atomic E-state index is 12.7. The van der Waals surface area contributed by atoms with Gasteiger partial charge in [0.1, 0.15) is 0 Å². The lowest BCUT2D eigenvalue weighted by Gasteiger charge is -2.41. The van der Waals surface area contributed by atoms with E-state index in [2.05, 4.69) is 6.92 Å². The van der Waals surface area contributed by atoms with E-state index in [0.717, 1.165) is 32.1 Å². The Labute approximate surface area is 110 Å². The zero-order chi connectivity index (χ0) is 13.2. The lowest BCUT2D eigenvalue weighted by Crippen LogP contribution is -2.56. The van der Waals surface area contributed by atoms with Gasteiger partial charge in [-0.25, -0.2) is 0 Å². The molecule has 2 rings (SSSR count). The summed E-state index contributed by atoms with van der Waals surface area (Å²) in [4.78, 5) is 0. The molecule has 0 aromatic carbocycles. The van der Waals surface area contributed by atoms with Crippen LogP contribution in [0.3, 0.4) is 0 Å². The van der Waals surface area contributed by atoms with Gasteiger partial charge >= 0.3 is 0 Å². The first-order valence-corrected chi connectivity index (χ1v) is 8.44. The Hall–Kier alpha value is -0.170. The number of hydrogen-bond donors (Lipinski definition) is 1. The number of rotatable bonds is 3. The molecule has 0 saturated carbocycles. The van der Waals surface area contributed by atoms with Gasteiger partial charge in [-0.3, -0.25) is 0 Å². The quantitative estimate of drug-likeness (QED) is 0.827. The van der Waals surface area contributed by atoms with E-state index in [1.165, 1.54) is 0 Å². The summed E-state index contributed by atoms with van der Waals surface area (Å²) < 4.78 is 28.6. The van der Waals surface area contributed by atoms with Crippen LogP contribution >= 0.6 is 0 Å². The van der Waals surface area contributed by atoms with Crippen LogP contribution < -0.4 is 5.73 Å². The first-order valence-electron chi connectivity index (χ1n) is 7.04. The fourth-order valence-electron chi connectivity index (χ4n) is 3.09. The van der Waals surface area contributed by atoms with E-state index in [0.29, 0.717) is 32.1 Å². The summed E-state index contributed by atoms with van der Waals surface area (Å²) in [6, 6.07) is -0.0225. The Balaban J connectivity index is 2.16. The van der Waals surface area contributed by atoms with Crippen molar-refractivity contribution in [3.8, 4) is 0 Å². The zero-order valence-corrected chi connectivity index (χ0v) is 12.0. The van der Waals surface area contributed by atoms with Crippen LogP contribution in [0.4, 0.5) is 0 Å². The normalized spacial score (nSPS) is 32.6.